The van der Waals surface area contributed by atoms with Gasteiger partial charge >= 0.3 is 23.6 Å². The zero-order valence-corrected chi connectivity index (χ0v) is 26.0. The summed E-state index contributed by atoms with van der Waals surface area (Å²) in [4.78, 5) is 55.7. The van der Waals surface area contributed by atoms with Gasteiger partial charge in [0, 0.05) is 19.5 Å². The van der Waals surface area contributed by atoms with Crippen molar-refractivity contribution in [2.24, 2.45) is 0 Å². The molecular weight excluding hydrogens is 592 g/mol. The van der Waals surface area contributed by atoms with E-state index in [1.807, 2.05) is 6.07 Å². The average Bonchev–Trinajstić information content (AvgIpc) is 3.61. The second-order valence-electron chi connectivity index (χ2n) is 11.3. The second-order valence-corrected chi connectivity index (χ2v) is 11.3. The number of furan rings is 1. The molecule has 1 fully saturated rings. The van der Waals surface area contributed by atoms with Gasteiger partial charge in [0.15, 0.2) is 18.4 Å². The number of hydrogen-bond donors (Lipinski definition) is 0. The van der Waals surface area contributed by atoms with Crippen LogP contribution >= 0.6 is 0 Å². The van der Waals surface area contributed by atoms with Crippen LogP contribution in [0.1, 0.15) is 85.1 Å². The molecular formula is C35H38N2O9. The molecule has 0 radical (unpaired) electrons. The van der Waals surface area contributed by atoms with Gasteiger partial charge in [-0.25, -0.2) is 14.4 Å². The van der Waals surface area contributed by atoms with E-state index < -0.39 is 48.1 Å². The maximum absolute atomic E-state index is 13.3. The molecule has 0 aliphatic carbocycles. The molecule has 11 heteroatoms. The van der Waals surface area contributed by atoms with Crippen LogP contribution in [0.2, 0.25) is 0 Å². The molecule has 0 spiro atoms. The van der Waals surface area contributed by atoms with Crippen molar-refractivity contribution >= 4 is 29.0 Å². The average molecular weight is 631 g/mol. The Kier molecular flexibility index (Phi) is 11.0. The van der Waals surface area contributed by atoms with Crippen LogP contribution in [-0.2, 0) is 30.2 Å². The minimum Gasteiger partial charge on any atom is -0.459 e. The van der Waals surface area contributed by atoms with E-state index in [4.69, 9.17) is 23.4 Å². The van der Waals surface area contributed by atoms with E-state index in [0.29, 0.717) is 23.1 Å². The third-order valence-electron chi connectivity index (χ3n) is 7.77. The number of carbonyl (C=O) groups excluding carboxylic acids is 3. The van der Waals surface area contributed by atoms with Crippen LogP contribution in [0.5, 0.6) is 0 Å². The van der Waals surface area contributed by atoms with Crippen molar-refractivity contribution in [2.45, 2.75) is 83.3 Å². The normalized spacial score (nSPS) is 19.2. The fourth-order valence-electron chi connectivity index (χ4n) is 5.47. The SMILES string of the molecule is CCCCCCCCc1cc2cn([C@@H]3O[C@H](COC(=O)c4ccccc4)[C@H](OC(=O)c4ccccc4)[C@H]3OC(C)=O)c(=O)nc2o1. The van der Waals surface area contributed by atoms with Crippen molar-refractivity contribution < 1.29 is 37.7 Å². The van der Waals surface area contributed by atoms with Crippen molar-refractivity contribution in [3.05, 3.63) is 100 Å². The second kappa shape index (κ2) is 15.5. The Morgan fingerprint density at radius 3 is 2.17 bits per heavy atom. The maximum Gasteiger partial charge on any atom is 0.353 e. The van der Waals surface area contributed by atoms with Crippen molar-refractivity contribution in [3.63, 3.8) is 0 Å². The number of unbranched alkanes of at least 4 members (excludes halogenated alkanes) is 5. The van der Waals surface area contributed by atoms with Gasteiger partial charge in [-0.05, 0) is 36.8 Å². The Hall–Kier alpha value is -4.77. The lowest BCUT2D eigenvalue weighted by molar-refractivity contribution is -0.156. The molecule has 4 atom stereocenters. The number of nitrogens with zero attached hydrogens (tertiary/aromatic N) is 2. The highest BCUT2D eigenvalue weighted by Crippen LogP contribution is 2.35. The molecule has 5 rings (SSSR count). The molecule has 4 aromatic rings. The lowest BCUT2D eigenvalue weighted by atomic mass is 10.1. The number of aryl methyl sites for hydroxylation is 1. The van der Waals surface area contributed by atoms with Crippen LogP contribution in [0.15, 0.2) is 82.1 Å². The van der Waals surface area contributed by atoms with E-state index in [-0.39, 0.29) is 17.9 Å². The van der Waals surface area contributed by atoms with Crippen LogP contribution in [0.3, 0.4) is 0 Å². The van der Waals surface area contributed by atoms with E-state index in [1.165, 1.54) is 37.0 Å². The largest absolute Gasteiger partial charge is 0.459 e. The molecule has 242 valence electrons. The van der Waals surface area contributed by atoms with E-state index in [1.54, 1.807) is 60.7 Å². The predicted molar refractivity (Wildman–Crippen MR) is 167 cm³/mol. The van der Waals surface area contributed by atoms with E-state index in [9.17, 15) is 19.2 Å². The predicted octanol–water partition coefficient (Wildman–Crippen LogP) is 5.80. The lowest BCUT2D eigenvalue weighted by Crippen LogP contribution is -2.42. The van der Waals surface area contributed by atoms with Crippen LogP contribution in [-0.4, -0.2) is 52.4 Å². The van der Waals surface area contributed by atoms with Crippen LogP contribution < -0.4 is 5.69 Å². The number of hydrogen-bond acceptors (Lipinski definition) is 10. The van der Waals surface area contributed by atoms with Gasteiger partial charge in [0.25, 0.3) is 0 Å². The first-order valence-corrected chi connectivity index (χ1v) is 15.7. The highest BCUT2D eigenvalue weighted by atomic mass is 16.7. The highest BCUT2D eigenvalue weighted by molar-refractivity contribution is 5.90. The molecule has 0 saturated carbocycles. The standard InChI is InChI=1S/C35H38N2O9/c1-3-4-5-6-7-14-19-27-20-26-21-37(35(41)36-31(26)44-27)32-30(43-23(2)38)29(46-34(40)25-17-12-9-13-18-25)28(45-32)22-42-33(39)24-15-10-8-11-16-24/h8-13,15-18,20-21,28-30,32H,3-7,14,19,22H2,1-2H3/t28-,29+,30-,32-/m1/s1. The molecule has 46 heavy (non-hydrogen) atoms. The van der Waals surface area contributed by atoms with E-state index in [0.717, 1.165) is 19.3 Å². The molecule has 3 heterocycles. The number of carbonyl (C=O) groups is 3. The molecule has 2 aromatic carbocycles. The number of rotatable bonds is 14. The monoisotopic (exact) mass is 630 g/mol. The molecule has 0 unspecified atom stereocenters. The summed E-state index contributed by atoms with van der Waals surface area (Å²) in [5.41, 5.74) is 0.0351. The molecule has 1 saturated heterocycles. The summed E-state index contributed by atoms with van der Waals surface area (Å²) in [6.45, 7) is 3.03. The highest BCUT2D eigenvalue weighted by Gasteiger charge is 2.51. The number of benzene rings is 2. The van der Waals surface area contributed by atoms with Gasteiger partial charge in [0.1, 0.15) is 18.5 Å². The number of fused-ring (bicyclic) bond motifs is 1. The maximum atomic E-state index is 13.3. The Labute approximate surface area is 266 Å². The first kappa shape index (κ1) is 32.6. The Morgan fingerprint density at radius 2 is 1.50 bits per heavy atom. The molecule has 1 aliphatic rings. The van der Waals surface area contributed by atoms with Crippen LogP contribution in [0.25, 0.3) is 11.1 Å². The number of ether oxygens (including phenoxy) is 4. The van der Waals surface area contributed by atoms with Crippen LogP contribution in [0, 0.1) is 0 Å². The third kappa shape index (κ3) is 8.08. The topological polar surface area (TPSA) is 136 Å². The van der Waals surface area contributed by atoms with E-state index in [2.05, 4.69) is 11.9 Å². The molecule has 0 amide bonds. The molecule has 2 aromatic heterocycles. The van der Waals surface area contributed by atoms with Crippen molar-refractivity contribution in [1.82, 2.24) is 9.55 Å². The van der Waals surface area contributed by atoms with Gasteiger partial charge < -0.3 is 23.4 Å². The van der Waals surface area contributed by atoms with Crippen molar-refractivity contribution in [2.75, 3.05) is 6.61 Å². The zero-order chi connectivity index (χ0) is 32.5. The minimum atomic E-state index is -1.27. The molecule has 11 nitrogen and oxygen atoms in total. The number of aromatic nitrogens is 2. The molecule has 0 bridgehead atoms. The minimum absolute atomic E-state index is 0.185. The van der Waals surface area contributed by atoms with Gasteiger partial charge in [-0.3, -0.25) is 9.36 Å². The smallest absolute Gasteiger partial charge is 0.353 e. The van der Waals surface area contributed by atoms with Gasteiger partial charge in [0.05, 0.1) is 16.5 Å². The summed E-state index contributed by atoms with van der Waals surface area (Å²) in [7, 11) is 0. The van der Waals surface area contributed by atoms with Crippen molar-refractivity contribution in [1.29, 1.82) is 0 Å². The summed E-state index contributed by atoms with van der Waals surface area (Å²) in [5, 5.41) is 0.558. The van der Waals surface area contributed by atoms with E-state index >= 15 is 0 Å². The van der Waals surface area contributed by atoms with Gasteiger partial charge in [-0.1, -0.05) is 75.4 Å². The lowest BCUT2D eigenvalue weighted by Gasteiger charge is -2.24. The van der Waals surface area contributed by atoms with Crippen molar-refractivity contribution in [3.8, 4) is 0 Å². The molecule has 1 aliphatic heterocycles. The van der Waals surface area contributed by atoms with Gasteiger partial charge in [0.2, 0.25) is 5.71 Å². The zero-order valence-electron chi connectivity index (χ0n) is 26.0. The van der Waals surface area contributed by atoms with Crippen LogP contribution in [0.4, 0.5) is 0 Å². The quantitative estimate of drug-likeness (QED) is 0.0955. The first-order valence-electron chi connectivity index (χ1n) is 15.7. The summed E-state index contributed by atoms with van der Waals surface area (Å²) in [6, 6.07) is 18.5. The summed E-state index contributed by atoms with van der Waals surface area (Å²) >= 11 is 0. The Morgan fingerprint density at radius 1 is 0.848 bits per heavy atom. The fourth-order valence-corrected chi connectivity index (χ4v) is 5.47. The van der Waals surface area contributed by atoms with Gasteiger partial charge in [-0.15, -0.1) is 0 Å². The fraction of sp³-hybridized carbons (Fsp3) is 0.400. The number of esters is 3. The Bertz CT molecular complexity index is 1680. The van der Waals surface area contributed by atoms with Gasteiger partial charge in [-0.2, -0.15) is 4.98 Å². The molecule has 0 N–H and O–H groups in total. The first-order chi connectivity index (χ1) is 22.3. The summed E-state index contributed by atoms with van der Waals surface area (Å²) < 4.78 is 30.2. The summed E-state index contributed by atoms with van der Waals surface area (Å²) in [6.07, 6.45) is 4.19. The Balaban J connectivity index is 1.41. The third-order valence-corrected chi connectivity index (χ3v) is 7.77. The summed E-state index contributed by atoms with van der Waals surface area (Å²) in [5.74, 6) is -1.31.